The van der Waals surface area contributed by atoms with E-state index < -0.39 is 56.9 Å². The summed E-state index contributed by atoms with van der Waals surface area (Å²) in [6.07, 6.45) is -24.5. The number of thiophene rings is 1. The number of halogens is 12. The fourth-order valence-electron chi connectivity index (χ4n) is 1.37. The molecule has 1 rings (SSSR count). The van der Waals surface area contributed by atoms with Crippen molar-refractivity contribution in [2.24, 2.45) is 0 Å². The largest absolute Gasteiger partial charge is 0.426 e. The molecule has 0 aliphatic heterocycles. The smallest absolute Gasteiger partial charge is 0.166 e. The van der Waals surface area contributed by atoms with Gasteiger partial charge in [-0.05, 0) is 0 Å². The van der Waals surface area contributed by atoms with Gasteiger partial charge in [0.15, 0.2) is 0 Å². The minimum absolute atomic E-state index is 1.64. The SMILES string of the molecule is FC(F)(F)c1sc(C(F)(F)F)c(C(F)(F)F)c1C(F)(F)F. The van der Waals surface area contributed by atoms with Crippen molar-refractivity contribution in [3.8, 4) is 0 Å². The van der Waals surface area contributed by atoms with Crippen LogP contribution >= 0.6 is 11.3 Å². The maximum atomic E-state index is 12.4. The molecule has 0 saturated heterocycles. The van der Waals surface area contributed by atoms with E-state index >= 15 is 0 Å². The average molecular weight is 356 g/mol. The molecule has 0 N–H and O–H groups in total. The standard InChI is InChI=1S/C8F12S/c9-5(10,11)1-2(6(12,13)14)4(8(18,19)20)21-3(1)7(15,16)17. The summed E-state index contributed by atoms with van der Waals surface area (Å²) in [7, 11) is 0. The Morgan fingerprint density at radius 1 is 0.429 bits per heavy atom. The summed E-state index contributed by atoms with van der Waals surface area (Å²) in [4.78, 5) is -5.98. The van der Waals surface area contributed by atoms with Crippen molar-refractivity contribution >= 4 is 11.3 Å². The molecule has 1 aromatic heterocycles. The summed E-state index contributed by atoms with van der Waals surface area (Å²) in [6, 6.07) is 0. The molecule has 0 radical (unpaired) electrons. The lowest BCUT2D eigenvalue weighted by Gasteiger charge is -2.16. The predicted octanol–water partition coefficient (Wildman–Crippen LogP) is 5.82. The van der Waals surface area contributed by atoms with Crippen molar-refractivity contribution < 1.29 is 52.7 Å². The van der Waals surface area contributed by atoms with Gasteiger partial charge in [-0.2, -0.15) is 52.7 Å². The highest BCUT2D eigenvalue weighted by atomic mass is 32.1. The second-order valence-corrected chi connectivity index (χ2v) is 4.52. The third-order valence-corrected chi connectivity index (χ3v) is 3.27. The van der Waals surface area contributed by atoms with Gasteiger partial charge in [-0.25, -0.2) is 0 Å². The Morgan fingerprint density at radius 2 is 0.667 bits per heavy atom. The van der Waals surface area contributed by atoms with Crippen LogP contribution in [0, 0.1) is 0 Å². The molecular formula is C8F12S. The molecule has 122 valence electrons. The van der Waals surface area contributed by atoms with E-state index in [1.165, 1.54) is 0 Å². The van der Waals surface area contributed by atoms with Crippen LogP contribution < -0.4 is 0 Å². The van der Waals surface area contributed by atoms with E-state index in [1.54, 1.807) is 0 Å². The first-order chi connectivity index (χ1) is 8.97. The summed E-state index contributed by atoms with van der Waals surface area (Å²) in [6.45, 7) is 0. The van der Waals surface area contributed by atoms with Gasteiger partial charge in [0.05, 0.1) is 11.1 Å². The zero-order valence-corrected chi connectivity index (χ0v) is 9.76. The van der Waals surface area contributed by atoms with Crippen molar-refractivity contribution in [1.82, 2.24) is 0 Å². The molecule has 0 nitrogen and oxygen atoms in total. The first-order valence-electron chi connectivity index (χ1n) is 4.43. The van der Waals surface area contributed by atoms with Crippen molar-refractivity contribution in [3.05, 3.63) is 20.9 Å². The highest BCUT2D eigenvalue weighted by molar-refractivity contribution is 7.12. The molecule has 0 bridgehead atoms. The van der Waals surface area contributed by atoms with Crippen LogP contribution in [0.25, 0.3) is 0 Å². The Kier molecular flexibility index (Phi) is 3.99. The lowest BCUT2D eigenvalue weighted by Crippen LogP contribution is -2.21. The van der Waals surface area contributed by atoms with Gasteiger partial charge in [0.1, 0.15) is 9.75 Å². The van der Waals surface area contributed by atoms with Crippen LogP contribution in [0.2, 0.25) is 0 Å². The Labute approximate surface area is 111 Å². The van der Waals surface area contributed by atoms with Crippen molar-refractivity contribution in [1.29, 1.82) is 0 Å². The molecule has 0 unspecified atom stereocenters. The zero-order chi connectivity index (χ0) is 17.0. The van der Waals surface area contributed by atoms with Gasteiger partial charge in [-0.3, -0.25) is 0 Å². The maximum absolute atomic E-state index is 12.4. The minimum Gasteiger partial charge on any atom is -0.166 e. The van der Waals surface area contributed by atoms with Crippen LogP contribution in [-0.4, -0.2) is 0 Å². The Balaban J connectivity index is 3.93. The maximum Gasteiger partial charge on any atom is 0.426 e. The Bertz CT molecular complexity index is 475. The third-order valence-electron chi connectivity index (χ3n) is 1.99. The molecule has 0 spiro atoms. The van der Waals surface area contributed by atoms with Crippen LogP contribution in [0.1, 0.15) is 20.9 Å². The number of rotatable bonds is 0. The van der Waals surface area contributed by atoms with E-state index in [0.29, 0.717) is 0 Å². The van der Waals surface area contributed by atoms with Crippen LogP contribution in [0.5, 0.6) is 0 Å². The molecule has 0 amide bonds. The normalized spacial score (nSPS) is 14.7. The van der Waals surface area contributed by atoms with E-state index in [0.717, 1.165) is 0 Å². The van der Waals surface area contributed by atoms with Crippen LogP contribution in [-0.2, 0) is 24.7 Å². The van der Waals surface area contributed by atoms with Crippen molar-refractivity contribution in [2.45, 2.75) is 24.7 Å². The molecule has 13 heteroatoms. The van der Waals surface area contributed by atoms with Gasteiger partial charge in [-0.15, -0.1) is 11.3 Å². The molecule has 21 heavy (non-hydrogen) atoms. The average Bonchev–Trinajstić information content (AvgIpc) is 2.52. The molecular weight excluding hydrogens is 356 g/mol. The summed E-state index contributed by atoms with van der Waals surface area (Å²) in [5.74, 6) is 0. The number of hydrogen-bond acceptors (Lipinski definition) is 1. The summed E-state index contributed by atoms with van der Waals surface area (Å²) < 4.78 is 148. The van der Waals surface area contributed by atoms with Crippen molar-refractivity contribution in [2.75, 3.05) is 0 Å². The lowest BCUT2D eigenvalue weighted by molar-refractivity contribution is -0.178. The van der Waals surface area contributed by atoms with E-state index in [1.807, 2.05) is 0 Å². The molecule has 0 fully saturated rings. The minimum atomic E-state index is -6.25. The summed E-state index contributed by atoms with van der Waals surface area (Å²) in [5.41, 5.74) is -6.75. The fraction of sp³-hybridized carbons (Fsp3) is 0.500. The van der Waals surface area contributed by atoms with Crippen LogP contribution in [0.4, 0.5) is 52.7 Å². The second kappa shape index (κ2) is 4.68. The lowest BCUT2D eigenvalue weighted by atomic mass is 10.1. The Morgan fingerprint density at radius 3 is 0.810 bits per heavy atom. The highest BCUT2D eigenvalue weighted by Crippen LogP contribution is 2.55. The number of alkyl halides is 12. The molecule has 0 aromatic carbocycles. The molecule has 0 atom stereocenters. The van der Waals surface area contributed by atoms with Gasteiger partial charge in [-0.1, -0.05) is 0 Å². The van der Waals surface area contributed by atoms with Crippen LogP contribution in [0.15, 0.2) is 0 Å². The predicted molar refractivity (Wildman–Crippen MR) is 44.3 cm³/mol. The number of hydrogen-bond donors (Lipinski definition) is 0. The van der Waals surface area contributed by atoms with Crippen molar-refractivity contribution in [3.63, 3.8) is 0 Å². The van der Waals surface area contributed by atoms with Gasteiger partial charge < -0.3 is 0 Å². The molecule has 1 heterocycles. The zero-order valence-electron chi connectivity index (χ0n) is 8.94. The Hall–Kier alpha value is -1.14. The highest BCUT2D eigenvalue weighted by Gasteiger charge is 2.57. The molecule has 0 saturated carbocycles. The summed E-state index contributed by atoms with van der Waals surface area (Å²) in [5, 5.41) is 0. The van der Waals surface area contributed by atoms with Gasteiger partial charge >= 0.3 is 24.7 Å². The molecule has 0 aliphatic rings. The van der Waals surface area contributed by atoms with Crippen LogP contribution in [0.3, 0.4) is 0 Å². The third kappa shape index (κ3) is 3.55. The fourth-order valence-corrected chi connectivity index (χ4v) is 2.45. The van der Waals surface area contributed by atoms with Gasteiger partial charge in [0, 0.05) is 0 Å². The molecule has 1 aromatic rings. The second-order valence-electron chi connectivity index (χ2n) is 3.50. The first-order valence-corrected chi connectivity index (χ1v) is 5.24. The van der Waals surface area contributed by atoms with E-state index in [4.69, 9.17) is 0 Å². The first kappa shape index (κ1) is 17.9. The quantitative estimate of drug-likeness (QED) is 0.514. The van der Waals surface area contributed by atoms with E-state index in [2.05, 4.69) is 0 Å². The van der Waals surface area contributed by atoms with Gasteiger partial charge in [0.2, 0.25) is 0 Å². The summed E-state index contributed by atoms with van der Waals surface area (Å²) >= 11 is -1.64. The van der Waals surface area contributed by atoms with Gasteiger partial charge in [0.25, 0.3) is 0 Å². The van der Waals surface area contributed by atoms with E-state index in [-0.39, 0.29) is 0 Å². The monoisotopic (exact) mass is 356 g/mol. The van der Waals surface area contributed by atoms with E-state index in [9.17, 15) is 52.7 Å². The molecule has 0 aliphatic carbocycles. The topological polar surface area (TPSA) is 0 Å².